The predicted octanol–water partition coefficient (Wildman–Crippen LogP) is 2.93. The smallest absolute Gasteiger partial charge is 0.123 e. The molecule has 0 spiro atoms. The van der Waals surface area contributed by atoms with Crippen molar-refractivity contribution >= 4 is 11.0 Å². The van der Waals surface area contributed by atoms with E-state index in [-0.39, 0.29) is 0 Å². The molecule has 3 heteroatoms. The van der Waals surface area contributed by atoms with Gasteiger partial charge in [0.15, 0.2) is 0 Å². The zero-order valence-corrected chi connectivity index (χ0v) is 11.5. The second-order valence-electron chi connectivity index (χ2n) is 5.35. The van der Waals surface area contributed by atoms with E-state index >= 15 is 0 Å². The Balaban J connectivity index is 2.01. The summed E-state index contributed by atoms with van der Waals surface area (Å²) < 4.78 is 2.33. The molecule has 1 fully saturated rings. The van der Waals surface area contributed by atoms with Crippen LogP contribution in [0.5, 0.6) is 0 Å². The van der Waals surface area contributed by atoms with Gasteiger partial charge in [0.2, 0.25) is 0 Å². The minimum Gasteiger partial charge on any atom is -0.327 e. The molecule has 96 valence electrons. The molecule has 0 saturated heterocycles. The first kappa shape index (κ1) is 11.7. The third-order valence-electron chi connectivity index (χ3n) is 3.89. The van der Waals surface area contributed by atoms with Crippen LogP contribution in [0.1, 0.15) is 36.7 Å². The number of imidazole rings is 1. The first-order valence-corrected chi connectivity index (χ1v) is 6.88. The van der Waals surface area contributed by atoms with E-state index < -0.39 is 0 Å². The Morgan fingerprint density at radius 3 is 2.67 bits per heavy atom. The summed E-state index contributed by atoms with van der Waals surface area (Å²) in [4.78, 5) is 4.79. The van der Waals surface area contributed by atoms with Gasteiger partial charge >= 0.3 is 0 Å². The second kappa shape index (κ2) is 4.39. The summed E-state index contributed by atoms with van der Waals surface area (Å²) >= 11 is 0. The summed E-state index contributed by atoms with van der Waals surface area (Å²) in [6.45, 7) is 8.40. The first-order chi connectivity index (χ1) is 8.69. The van der Waals surface area contributed by atoms with Gasteiger partial charge in [-0.3, -0.25) is 0 Å². The van der Waals surface area contributed by atoms with Crippen LogP contribution in [0, 0.1) is 13.8 Å². The van der Waals surface area contributed by atoms with Crippen LogP contribution in [0.2, 0.25) is 0 Å². The summed E-state index contributed by atoms with van der Waals surface area (Å²) in [6.07, 6.45) is 2.65. The van der Waals surface area contributed by atoms with Crippen molar-refractivity contribution in [3.63, 3.8) is 0 Å². The Kier molecular flexibility index (Phi) is 2.86. The Bertz CT molecular complexity index is 579. The van der Waals surface area contributed by atoms with Crippen LogP contribution in [0.3, 0.4) is 0 Å². The van der Waals surface area contributed by atoms with E-state index in [1.165, 1.54) is 35.3 Å². The third kappa shape index (κ3) is 2.03. The molecule has 1 saturated carbocycles. The van der Waals surface area contributed by atoms with Crippen LogP contribution >= 0.6 is 0 Å². The molecule has 2 aromatic rings. The van der Waals surface area contributed by atoms with E-state index in [4.69, 9.17) is 4.98 Å². The van der Waals surface area contributed by atoms with Crippen molar-refractivity contribution in [2.75, 3.05) is 0 Å². The molecule has 1 heterocycles. The molecule has 0 amide bonds. The average Bonchev–Trinajstić information content (AvgIpc) is 3.11. The third-order valence-corrected chi connectivity index (χ3v) is 3.89. The van der Waals surface area contributed by atoms with Crippen LogP contribution in [0.4, 0.5) is 0 Å². The minimum atomic E-state index is 0.735. The molecule has 3 nitrogen and oxygen atoms in total. The van der Waals surface area contributed by atoms with E-state index in [1.54, 1.807) is 0 Å². The van der Waals surface area contributed by atoms with Crippen molar-refractivity contribution in [1.82, 2.24) is 14.9 Å². The van der Waals surface area contributed by atoms with E-state index in [2.05, 4.69) is 42.8 Å². The summed E-state index contributed by atoms with van der Waals surface area (Å²) in [5.74, 6) is 1.17. The average molecular weight is 243 g/mol. The molecule has 1 aromatic heterocycles. The van der Waals surface area contributed by atoms with Crippen molar-refractivity contribution in [2.24, 2.45) is 0 Å². The Labute approximate surface area is 108 Å². The predicted molar refractivity (Wildman–Crippen MR) is 74.7 cm³/mol. The van der Waals surface area contributed by atoms with Crippen molar-refractivity contribution in [2.45, 2.75) is 52.7 Å². The topological polar surface area (TPSA) is 29.9 Å². The largest absolute Gasteiger partial charge is 0.327 e. The molecule has 0 aliphatic heterocycles. The minimum absolute atomic E-state index is 0.735. The molecule has 1 N–H and O–H groups in total. The quantitative estimate of drug-likeness (QED) is 0.894. The van der Waals surface area contributed by atoms with Gasteiger partial charge in [-0.2, -0.15) is 0 Å². The lowest BCUT2D eigenvalue weighted by Crippen LogP contribution is -2.18. The van der Waals surface area contributed by atoms with Crippen LogP contribution in [-0.4, -0.2) is 15.6 Å². The fourth-order valence-corrected chi connectivity index (χ4v) is 2.44. The molecule has 1 aliphatic rings. The lowest BCUT2D eigenvalue weighted by molar-refractivity contribution is 0.618. The Hall–Kier alpha value is -1.35. The standard InChI is InChI=1S/C15H21N3/c1-4-18-14-8-11(3)10(2)7-13(14)17-15(18)9-16-12-5-6-12/h7-8,12,16H,4-6,9H2,1-3H3. The van der Waals surface area contributed by atoms with E-state index in [0.717, 1.165) is 24.6 Å². The maximum atomic E-state index is 4.79. The Morgan fingerprint density at radius 2 is 2.00 bits per heavy atom. The first-order valence-electron chi connectivity index (χ1n) is 6.88. The number of rotatable bonds is 4. The van der Waals surface area contributed by atoms with E-state index in [9.17, 15) is 0 Å². The summed E-state index contributed by atoms with van der Waals surface area (Å²) in [5.41, 5.74) is 5.07. The summed E-state index contributed by atoms with van der Waals surface area (Å²) in [7, 11) is 0. The van der Waals surface area contributed by atoms with E-state index in [1.807, 2.05) is 0 Å². The van der Waals surface area contributed by atoms with Crippen LogP contribution in [-0.2, 0) is 13.1 Å². The number of nitrogens with zero attached hydrogens (tertiary/aromatic N) is 2. The van der Waals surface area contributed by atoms with Gasteiger partial charge in [-0.25, -0.2) is 4.98 Å². The van der Waals surface area contributed by atoms with Gasteiger partial charge in [0, 0.05) is 12.6 Å². The molecule has 1 aliphatic carbocycles. The van der Waals surface area contributed by atoms with Gasteiger partial charge < -0.3 is 9.88 Å². The molecular weight excluding hydrogens is 222 g/mol. The number of benzene rings is 1. The molecule has 0 unspecified atom stereocenters. The zero-order valence-electron chi connectivity index (χ0n) is 11.5. The highest BCUT2D eigenvalue weighted by Crippen LogP contribution is 2.22. The maximum absolute atomic E-state index is 4.79. The van der Waals surface area contributed by atoms with Crippen LogP contribution in [0.25, 0.3) is 11.0 Å². The molecule has 0 atom stereocenters. The van der Waals surface area contributed by atoms with E-state index in [0.29, 0.717) is 0 Å². The molecule has 18 heavy (non-hydrogen) atoms. The molecule has 3 rings (SSSR count). The number of fused-ring (bicyclic) bond motifs is 1. The highest BCUT2D eigenvalue weighted by Gasteiger charge is 2.21. The summed E-state index contributed by atoms with van der Waals surface area (Å²) in [6, 6.07) is 5.21. The SMILES string of the molecule is CCn1c(CNC2CC2)nc2cc(C)c(C)cc21. The fourth-order valence-electron chi connectivity index (χ4n) is 2.44. The van der Waals surface area contributed by atoms with Crippen molar-refractivity contribution < 1.29 is 0 Å². The van der Waals surface area contributed by atoms with Gasteiger partial charge in [-0.1, -0.05) is 0 Å². The highest BCUT2D eigenvalue weighted by atomic mass is 15.1. The fraction of sp³-hybridized carbons (Fsp3) is 0.533. The lowest BCUT2D eigenvalue weighted by Gasteiger charge is -2.07. The van der Waals surface area contributed by atoms with Crippen molar-refractivity contribution in [3.05, 3.63) is 29.1 Å². The molecular formula is C15H21N3. The van der Waals surface area contributed by atoms with Gasteiger partial charge in [0.25, 0.3) is 0 Å². The zero-order chi connectivity index (χ0) is 12.7. The van der Waals surface area contributed by atoms with Crippen molar-refractivity contribution in [1.29, 1.82) is 0 Å². The lowest BCUT2D eigenvalue weighted by atomic mass is 10.1. The second-order valence-corrected chi connectivity index (χ2v) is 5.35. The van der Waals surface area contributed by atoms with Crippen LogP contribution in [0.15, 0.2) is 12.1 Å². The maximum Gasteiger partial charge on any atom is 0.123 e. The normalized spacial score (nSPS) is 15.5. The highest BCUT2D eigenvalue weighted by molar-refractivity contribution is 5.78. The number of nitrogens with one attached hydrogen (secondary N) is 1. The van der Waals surface area contributed by atoms with Crippen LogP contribution < -0.4 is 5.32 Å². The monoisotopic (exact) mass is 243 g/mol. The summed E-state index contributed by atoms with van der Waals surface area (Å²) in [5, 5.41) is 3.55. The van der Waals surface area contributed by atoms with Gasteiger partial charge in [0.1, 0.15) is 5.82 Å². The number of hydrogen-bond donors (Lipinski definition) is 1. The Morgan fingerprint density at radius 1 is 1.28 bits per heavy atom. The number of aromatic nitrogens is 2. The van der Waals surface area contributed by atoms with Gasteiger partial charge in [-0.05, 0) is 56.9 Å². The van der Waals surface area contributed by atoms with Gasteiger partial charge in [0.05, 0.1) is 17.6 Å². The molecule has 0 bridgehead atoms. The molecule has 0 radical (unpaired) electrons. The number of hydrogen-bond acceptors (Lipinski definition) is 2. The number of aryl methyl sites for hydroxylation is 3. The van der Waals surface area contributed by atoms with Crippen molar-refractivity contribution in [3.8, 4) is 0 Å². The molecule has 1 aromatic carbocycles. The van der Waals surface area contributed by atoms with Gasteiger partial charge in [-0.15, -0.1) is 0 Å².